The van der Waals surface area contributed by atoms with E-state index >= 15 is 0 Å². The molecule has 0 radical (unpaired) electrons. The van der Waals surface area contributed by atoms with E-state index in [1.54, 1.807) is 41.5 Å². The normalized spacial score (nSPS) is 12.6. The number of aliphatic carboxylic acids is 1. The fraction of sp³-hybridized carbons (Fsp3) is 0.600. The van der Waals surface area contributed by atoms with E-state index in [1.165, 1.54) is 0 Å². The summed E-state index contributed by atoms with van der Waals surface area (Å²) in [5.41, 5.74) is -2.33. The molecule has 10 heteroatoms. The molecule has 1 unspecified atom stereocenters. The summed E-state index contributed by atoms with van der Waals surface area (Å²) >= 11 is 0. The molecule has 196 valence electrons. The number of rotatable bonds is 10. The van der Waals surface area contributed by atoms with Crippen LogP contribution < -0.4 is 5.84 Å². The molecule has 0 aliphatic carbocycles. The van der Waals surface area contributed by atoms with Crippen LogP contribution >= 0.6 is 0 Å². The maximum Gasteiger partial charge on any atom is 0.339 e. The summed E-state index contributed by atoms with van der Waals surface area (Å²) in [6.07, 6.45) is 1.75. The molecule has 35 heavy (non-hydrogen) atoms. The van der Waals surface area contributed by atoms with Gasteiger partial charge in [-0.15, -0.1) is 0 Å². The largest absolute Gasteiger partial charge is 0.508 e. The highest BCUT2D eigenvalue weighted by Gasteiger charge is 2.34. The summed E-state index contributed by atoms with van der Waals surface area (Å²) in [7, 11) is 0. The Bertz CT molecular complexity index is 895. The number of hydrogen-bond donors (Lipinski definition) is 3. The van der Waals surface area contributed by atoms with Crippen molar-refractivity contribution in [2.75, 3.05) is 0 Å². The van der Waals surface area contributed by atoms with E-state index in [4.69, 9.17) is 15.3 Å². The summed E-state index contributed by atoms with van der Waals surface area (Å²) < 4.78 is 10.8. The fourth-order valence-corrected chi connectivity index (χ4v) is 3.23. The molecular weight excluding hydrogens is 456 g/mol. The SMILES string of the molecule is CCCCCC(=O)N(N)C(Cc1c(C(=O)OC(C)(C)C)cc(O)cc1C(=O)OC(C)(C)C)C(=O)O. The Hall–Kier alpha value is -3.14. The maximum atomic E-state index is 13.0. The number of carbonyl (C=O) groups is 4. The zero-order valence-electron chi connectivity index (χ0n) is 21.6. The molecule has 4 N–H and O–H groups in total. The first-order valence-corrected chi connectivity index (χ1v) is 11.6. The summed E-state index contributed by atoms with van der Waals surface area (Å²) in [5, 5.41) is 20.7. The van der Waals surface area contributed by atoms with E-state index in [9.17, 15) is 29.4 Å². The first kappa shape index (κ1) is 29.9. The lowest BCUT2D eigenvalue weighted by Gasteiger charge is -2.27. The first-order chi connectivity index (χ1) is 16.0. The van der Waals surface area contributed by atoms with Gasteiger partial charge in [-0.3, -0.25) is 9.80 Å². The number of hydrogen-bond acceptors (Lipinski definition) is 8. The molecule has 0 aliphatic heterocycles. The summed E-state index contributed by atoms with van der Waals surface area (Å²) in [6, 6.07) is 0.580. The van der Waals surface area contributed by atoms with Gasteiger partial charge in [-0.2, -0.15) is 0 Å². The number of ether oxygens (including phenoxy) is 2. The van der Waals surface area contributed by atoms with Gasteiger partial charge in [0.2, 0.25) is 5.91 Å². The number of amides is 1. The van der Waals surface area contributed by atoms with Crippen molar-refractivity contribution in [2.24, 2.45) is 5.84 Å². The molecule has 0 spiro atoms. The lowest BCUT2D eigenvalue weighted by molar-refractivity contribution is -0.150. The topological polar surface area (TPSA) is 156 Å². The number of carboxylic acids is 1. The second-order valence-corrected chi connectivity index (χ2v) is 10.3. The monoisotopic (exact) mass is 494 g/mol. The standard InChI is InChI=1S/C25H38N2O8/c1-8-9-10-11-20(29)27(26)19(21(30)31)14-16-17(22(32)34-24(2,3)4)12-15(28)13-18(16)23(33)35-25(5,6)7/h12-13,19,28H,8-11,14,26H2,1-7H3,(H,30,31). The van der Waals surface area contributed by atoms with E-state index in [1.807, 2.05) is 6.92 Å². The molecular formula is C25H38N2O8. The predicted molar refractivity (Wildman–Crippen MR) is 129 cm³/mol. The number of carboxylic acid groups (broad SMARTS) is 1. The molecule has 1 rings (SSSR count). The van der Waals surface area contributed by atoms with Crippen LogP contribution in [0.25, 0.3) is 0 Å². The molecule has 0 fully saturated rings. The maximum absolute atomic E-state index is 13.0. The van der Waals surface area contributed by atoms with E-state index in [0.717, 1.165) is 25.0 Å². The van der Waals surface area contributed by atoms with Crippen LogP contribution in [0.15, 0.2) is 12.1 Å². The number of phenols is 1. The first-order valence-electron chi connectivity index (χ1n) is 11.6. The molecule has 0 saturated carbocycles. The van der Waals surface area contributed by atoms with Crippen molar-refractivity contribution >= 4 is 23.8 Å². The highest BCUT2D eigenvalue weighted by atomic mass is 16.6. The number of hydrazine groups is 1. The Labute approximate surface area is 206 Å². The molecule has 0 aliphatic rings. The van der Waals surface area contributed by atoms with Gasteiger partial charge in [-0.25, -0.2) is 20.2 Å². The number of benzene rings is 1. The summed E-state index contributed by atoms with van der Waals surface area (Å²) in [6.45, 7) is 11.8. The Morgan fingerprint density at radius 2 is 1.40 bits per heavy atom. The lowest BCUT2D eigenvalue weighted by atomic mass is 9.93. The highest BCUT2D eigenvalue weighted by Crippen LogP contribution is 2.28. The van der Waals surface area contributed by atoms with Gasteiger partial charge < -0.3 is 19.7 Å². The third-order valence-electron chi connectivity index (χ3n) is 4.77. The van der Waals surface area contributed by atoms with Crippen LogP contribution in [0.2, 0.25) is 0 Å². The van der Waals surface area contributed by atoms with E-state index in [0.29, 0.717) is 11.4 Å². The van der Waals surface area contributed by atoms with Gasteiger partial charge in [-0.05, 0) is 65.7 Å². The number of nitrogens with two attached hydrogens (primary N) is 1. The third kappa shape index (κ3) is 9.56. The molecule has 0 saturated heterocycles. The number of aromatic hydroxyl groups is 1. The fourth-order valence-electron chi connectivity index (χ4n) is 3.23. The predicted octanol–water partition coefficient (Wildman–Crippen LogP) is 3.58. The van der Waals surface area contributed by atoms with Gasteiger partial charge in [0.15, 0.2) is 0 Å². The quantitative estimate of drug-likeness (QED) is 0.145. The zero-order valence-corrected chi connectivity index (χ0v) is 21.6. The van der Waals surface area contributed by atoms with Crippen LogP contribution in [-0.2, 0) is 25.5 Å². The van der Waals surface area contributed by atoms with Crippen LogP contribution in [0.5, 0.6) is 5.75 Å². The van der Waals surface area contributed by atoms with Crippen molar-refractivity contribution in [1.82, 2.24) is 5.01 Å². The molecule has 1 amide bonds. The zero-order chi connectivity index (χ0) is 27.1. The van der Waals surface area contributed by atoms with E-state index in [2.05, 4.69) is 0 Å². The van der Waals surface area contributed by atoms with Crippen molar-refractivity contribution in [3.63, 3.8) is 0 Å². The number of nitrogens with zero attached hydrogens (tertiary/aromatic N) is 1. The number of carbonyl (C=O) groups excluding carboxylic acids is 3. The molecule has 0 bridgehead atoms. The second kappa shape index (κ2) is 12.0. The average molecular weight is 495 g/mol. The minimum Gasteiger partial charge on any atom is -0.508 e. The van der Waals surface area contributed by atoms with Gasteiger partial charge in [0.25, 0.3) is 0 Å². The van der Waals surface area contributed by atoms with Crippen LogP contribution in [0, 0.1) is 0 Å². The Kier molecular flexibility index (Phi) is 10.3. The number of unbranched alkanes of at least 4 members (excludes halogenated alkanes) is 2. The van der Waals surface area contributed by atoms with E-state index < -0.39 is 53.2 Å². The highest BCUT2D eigenvalue weighted by molar-refractivity contribution is 5.99. The van der Waals surface area contributed by atoms with Gasteiger partial charge >= 0.3 is 17.9 Å². The van der Waals surface area contributed by atoms with Gasteiger partial charge in [0, 0.05) is 12.8 Å². The number of esters is 2. The summed E-state index contributed by atoms with van der Waals surface area (Å²) in [4.78, 5) is 50.6. The van der Waals surface area contributed by atoms with Crippen molar-refractivity contribution in [3.8, 4) is 5.75 Å². The van der Waals surface area contributed by atoms with Gasteiger partial charge in [0.05, 0.1) is 11.1 Å². The van der Waals surface area contributed by atoms with Crippen LogP contribution in [0.4, 0.5) is 0 Å². The minimum absolute atomic E-state index is 0.0571. The Morgan fingerprint density at radius 3 is 1.77 bits per heavy atom. The van der Waals surface area contributed by atoms with E-state index in [-0.39, 0.29) is 23.1 Å². The van der Waals surface area contributed by atoms with Gasteiger partial charge in [0.1, 0.15) is 23.0 Å². The lowest BCUT2D eigenvalue weighted by Crippen LogP contribution is -2.51. The van der Waals surface area contributed by atoms with Crippen LogP contribution in [0.1, 0.15) is 100 Å². The van der Waals surface area contributed by atoms with Crippen molar-refractivity contribution in [2.45, 2.75) is 97.8 Å². The molecule has 10 nitrogen and oxygen atoms in total. The van der Waals surface area contributed by atoms with Crippen molar-refractivity contribution in [1.29, 1.82) is 0 Å². The van der Waals surface area contributed by atoms with Gasteiger partial charge in [-0.1, -0.05) is 19.8 Å². The van der Waals surface area contributed by atoms with Crippen molar-refractivity contribution in [3.05, 3.63) is 28.8 Å². The molecule has 1 aromatic carbocycles. The summed E-state index contributed by atoms with van der Waals surface area (Å²) in [5.74, 6) is 1.72. The second-order valence-electron chi connectivity index (χ2n) is 10.3. The Morgan fingerprint density at radius 1 is 0.943 bits per heavy atom. The number of phenolic OH excluding ortho intramolecular Hbond substituents is 1. The average Bonchev–Trinajstić information content (AvgIpc) is 2.69. The third-order valence-corrected chi connectivity index (χ3v) is 4.77. The minimum atomic E-state index is -1.59. The molecule has 0 aromatic heterocycles. The van der Waals surface area contributed by atoms with Crippen molar-refractivity contribution < 1.29 is 38.9 Å². The molecule has 1 aromatic rings. The van der Waals surface area contributed by atoms with Crippen LogP contribution in [-0.4, -0.2) is 56.3 Å². The van der Waals surface area contributed by atoms with Crippen LogP contribution in [0.3, 0.4) is 0 Å². The molecule has 1 atom stereocenters. The Balaban J connectivity index is 3.59. The molecule has 0 heterocycles. The smallest absolute Gasteiger partial charge is 0.339 e.